The first-order valence-electron chi connectivity index (χ1n) is 6.88. The fraction of sp³-hybridized carbons (Fsp3) is 0.533. The van der Waals surface area contributed by atoms with Crippen molar-refractivity contribution < 1.29 is 14.6 Å². The molecule has 104 valence electrons. The van der Waals surface area contributed by atoms with E-state index in [0.717, 1.165) is 25.0 Å². The fourth-order valence-corrected chi connectivity index (χ4v) is 2.37. The topological polar surface area (TPSA) is 58.6 Å². The Kier molecular flexibility index (Phi) is 5.21. The van der Waals surface area contributed by atoms with Crippen molar-refractivity contribution in [2.75, 3.05) is 13.2 Å². The average Bonchev–Trinajstić information content (AvgIpc) is 2.83. The maximum Gasteiger partial charge on any atom is 0.223 e. The van der Waals surface area contributed by atoms with Gasteiger partial charge in [-0.1, -0.05) is 24.6 Å². The number of benzene rings is 1. The number of hydrogen-bond acceptors (Lipinski definition) is 3. The van der Waals surface area contributed by atoms with Gasteiger partial charge < -0.3 is 15.2 Å². The second kappa shape index (κ2) is 7.14. The van der Waals surface area contributed by atoms with Crippen LogP contribution < -0.4 is 10.1 Å². The Labute approximate surface area is 113 Å². The van der Waals surface area contributed by atoms with Crippen LogP contribution in [0.4, 0.5) is 0 Å². The van der Waals surface area contributed by atoms with Crippen molar-refractivity contribution in [3.05, 3.63) is 30.3 Å². The third-order valence-corrected chi connectivity index (χ3v) is 3.52. The van der Waals surface area contributed by atoms with Gasteiger partial charge in [0, 0.05) is 12.5 Å². The van der Waals surface area contributed by atoms with Crippen LogP contribution in [0.15, 0.2) is 30.3 Å². The standard InChI is InChI=1S/C15H21NO3/c17-14-8-4-5-12(14)11-16-15(18)9-10-19-13-6-2-1-3-7-13/h1-3,6-7,12,14,17H,4-5,8-11H2,(H,16,18). The molecule has 4 nitrogen and oxygen atoms in total. The summed E-state index contributed by atoms with van der Waals surface area (Å²) >= 11 is 0. The summed E-state index contributed by atoms with van der Waals surface area (Å²) in [6, 6.07) is 9.46. The van der Waals surface area contributed by atoms with Crippen LogP contribution in [0.2, 0.25) is 0 Å². The minimum absolute atomic E-state index is 0.0185. The van der Waals surface area contributed by atoms with Gasteiger partial charge in [-0.2, -0.15) is 0 Å². The van der Waals surface area contributed by atoms with Crippen molar-refractivity contribution in [1.29, 1.82) is 0 Å². The molecule has 0 heterocycles. The first-order chi connectivity index (χ1) is 9.25. The van der Waals surface area contributed by atoms with Crippen molar-refractivity contribution in [1.82, 2.24) is 5.32 Å². The van der Waals surface area contributed by atoms with E-state index in [1.54, 1.807) is 0 Å². The first-order valence-corrected chi connectivity index (χ1v) is 6.88. The largest absolute Gasteiger partial charge is 0.493 e. The zero-order chi connectivity index (χ0) is 13.5. The van der Waals surface area contributed by atoms with Crippen LogP contribution in [0, 0.1) is 5.92 Å². The summed E-state index contributed by atoms with van der Waals surface area (Å²) in [7, 11) is 0. The molecule has 0 aliphatic heterocycles. The lowest BCUT2D eigenvalue weighted by Crippen LogP contribution is -2.33. The lowest BCUT2D eigenvalue weighted by Gasteiger charge is -2.15. The molecule has 19 heavy (non-hydrogen) atoms. The third-order valence-electron chi connectivity index (χ3n) is 3.52. The van der Waals surface area contributed by atoms with E-state index in [4.69, 9.17) is 4.74 Å². The predicted molar refractivity (Wildman–Crippen MR) is 72.9 cm³/mol. The molecule has 2 rings (SSSR count). The zero-order valence-electron chi connectivity index (χ0n) is 11.0. The molecule has 0 bridgehead atoms. The predicted octanol–water partition coefficient (Wildman–Crippen LogP) is 1.73. The van der Waals surface area contributed by atoms with Gasteiger partial charge in [0.05, 0.1) is 19.1 Å². The number of nitrogens with one attached hydrogen (secondary N) is 1. The Hall–Kier alpha value is -1.55. The maximum absolute atomic E-state index is 11.6. The van der Waals surface area contributed by atoms with Crippen LogP contribution in [-0.4, -0.2) is 30.3 Å². The number of aliphatic hydroxyl groups excluding tert-OH is 1. The molecule has 1 aliphatic carbocycles. The lowest BCUT2D eigenvalue weighted by molar-refractivity contribution is -0.121. The molecule has 1 aromatic carbocycles. The molecule has 0 radical (unpaired) electrons. The number of para-hydroxylation sites is 1. The summed E-state index contributed by atoms with van der Waals surface area (Å²) in [6.45, 7) is 0.953. The van der Waals surface area contributed by atoms with Crippen LogP contribution in [0.5, 0.6) is 5.75 Å². The number of amides is 1. The number of ether oxygens (including phenoxy) is 1. The molecule has 2 unspecified atom stereocenters. The average molecular weight is 263 g/mol. The SMILES string of the molecule is O=C(CCOc1ccccc1)NCC1CCCC1O. The highest BCUT2D eigenvalue weighted by atomic mass is 16.5. The quantitative estimate of drug-likeness (QED) is 0.822. The molecule has 2 N–H and O–H groups in total. The van der Waals surface area contributed by atoms with E-state index >= 15 is 0 Å². The van der Waals surface area contributed by atoms with E-state index in [1.807, 2.05) is 30.3 Å². The first kappa shape index (κ1) is 13.9. The van der Waals surface area contributed by atoms with Gasteiger partial charge in [0.25, 0.3) is 0 Å². The lowest BCUT2D eigenvalue weighted by atomic mass is 10.1. The van der Waals surface area contributed by atoms with Gasteiger partial charge >= 0.3 is 0 Å². The highest BCUT2D eigenvalue weighted by molar-refractivity contribution is 5.75. The fourth-order valence-electron chi connectivity index (χ4n) is 2.37. The van der Waals surface area contributed by atoms with Gasteiger partial charge in [0.15, 0.2) is 0 Å². The van der Waals surface area contributed by atoms with Gasteiger partial charge in [-0.3, -0.25) is 4.79 Å². The molecular formula is C15H21NO3. The van der Waals surface area contributed by atoms with Gasteiger partial charge in [-0.15, -0.1) is 0 Å². The van der Waals surface area contributed by atoms with E-state index in [0.29, 0.717) is 19.6 Å². The second-order valence-corrected chi connectivity index (χ2v) is 4.97. The summed E-state index contributed by atoms with van der Waals surface area (Å²) in [5.74, 6) is 0.982. The smallest absolute Gasteiger partial charge is 0.223 e. The highest BCUT2D eigenvalue weighted by Gasteiger charge is 2.25. The van der Waals surface area contributed by atoms with Gasteiger partial charge in [-0.25, -0.2) is 0 Å². The van der Waals surface area contributed by atoms with Crippen molar-refractivity contribution in [2.24, 2.45) is 5.92 Å². The second-order valence-electron chi connectivity index (χ2n) is 4.97. The summed E-state index contributed by atoms with van der Waals surface area (Å²) in [4.78, 5) is 11.6. The van der Waals surface area contributed by atoms with Crippen molar-refractivity contribution in [3.8, 4) is 5.75 Å². The summed E-state index contributed by atoms with van der Waals surface area (Å²) < 4.78 is 5.46. The highest BCUT2D eigenvalue weighted by Crippen LogP contribution is 2.24. The van der Waals surface area contributed by atoms with Crippen molar-refractivity contribution in [3.63, 3.8) is 0 Å². The molecule has 2 atom stereocenters. The Morgan fingerprint density at radius 1 is 1.32 bits per heavy atom. The van der Waals surface area contributed by atoms with E-state index in [1.165, 1.54) is 0 Å². The van der Waals surface area contributed by atoms with Gasteiger partial charge in [0.2, 0.25) is 5.91 Å². The molecule has 1 aliphatic rings. The molecule has 1 aromatic rings. The molecule has 1 fully saturated rings. The van der Waals surface area contributed by atoms with Gasteiger partial charge in [-0.05, 0) is 25.0 Å². The molecule has 0 aromatic heterocycles. The minimum atomic E-state index is -0.249. The van der Waals surface area contributed by atoms with Crippen LogP contribution in [0.25, 0.3) is 0 Å². The summed E-state index contributed by atoms with van der Waals surface area (Å²) in [6.07, 6.45) is 3.01. The molecular weight excluding hydrogens is 242 g/mol. The van der Waals surface area contributed by atoms with E-state index < -0.39 is 0 Å². The van der Waals surface area contributed by atoms with Crippen LogP contribution in [0.3, 0.4) is 0 Å². The van der Waals surface area contributed by atoms with Crippen LogP contribution in [0.1, 0.15) is 25.7 Å². The van der Waals surface area contributed by atoms with Gasteiger partial charge in [0.1, 0.15) is 5.75 Å². The minimum Gasteiger partial charge on any atom is -0.493 e. The Morgan fingerprint density at radius 3 is 2.79 bits per heavy atom. The number of carbonyl (C=O) groups is 1. The molecule has 0 saturated heterocycles. The molecule has 4 heteroatoms. The number of carbonyl (C=O) groups excluding carboxylic acids is 1. The van der Waals surface area contributed by atoms with Crippen LogP contribution in [-0.2, 0) is 4.79 Å². The van der Waals surface area contributed by atoms with E-state index in [9.17, 15) is 9.90 Å². The maximum atomic E-state index is 11.6. The third kappa shape index (κ3) is 4.56. The van der Waals surface area contributed by atoms with Crippen molar-refractivity contribution in [2.45, 2.75) is 31.8 Å². The molecule has 0 spiro atoms. The normalized spacial score (nSPS) is 22.2. The number of hydrogen-bond donors (Lipinski definition) is 2. The Balaban J connectivity index is 1.59. The molecule has 1 saturated carbocycles. The number of aliphatic hydroxyl groups is 1. The summed E-state index contributed by atoms with van der Waals surface area (Å²) in [5.41, 5.74) is 0. The number of rotatable bonds is 6. The molecule has 1 amide bonds. The van der Waals surface area contributed by atoms with Crippen LogP contribution >= 0.6 is 0 Å². The Bertz CT molecular complexity index is 394. The van der Waals surface area contributed by atoms with E-state index in [2.05, 4.69) is 5.32 Å². The zero-order valence-corrected chi connectivity index (χ0v) is 11.0. The monoisotopic (exact) mass is 263 g/mol. The summed E-state index contributed by atoms with van der Waals surface area (Å²) in [5, 5.41) is 12.5. The van der Waals surface area contributed by atoms with E-state index in [-0.39, 0.29) is 17.9 Å². The van der Waals surface area contributed by atoms with Crippen molar-refractivity contribution >= 4 is 5.91 Å². The Morgan fingerprint density at radius 2 is 2.11 bits per heavy atom.